The summed E-state index contributed by atoms with van der Waals surface area (Å²) >= 11 is 0. The quantitative estimate of drug-likeness (QED) is 0.701. The molecule has 7 nitrogen and oxygen atoms in total. The Kier molecular flexibility index (Phi) is 5.17. The lowest BCUT2D eigenvalue weighted by molar-refractivity contribution is 0.130. The van der Waals surface area contributed by atoms with Gasteiger partial charge in [0, 0.05) is 42.5 Å². The number of urea groups is 1. The molecule has 0 aliphatic carbocycles. The van der Waals surface area contributed by atoms with Gasteiger partial charge in [-0.2, -0.15) is 4.98 Å². The molecule has 3 aromatic rings. The van der Waals surface area contributed by atoms with E-state index in [2.05, 4.69) is 37.5 Å². The van der Waals surface area contributed by atoms with Crippen molar-refractivity contribution in [1.82, 2.24) is 25.3 Å². The highest BCUT2D eigenvalue weighted by Gasteiger charge is 2.45. The third kappa shape index (κ3) is 3.79. The van der Waals surface area contributed by atoms with E-state index in [-0.39, 0.29) is 24.0 Å². The van der Waals surface area contributed by atoms with Crippen LogP contribution in [-0.4, -0.2) is 44.7 Å². The number of benzene rings is 1. The number of nitrogens with zero attached hydrogens (tertiary/aromatic N) is 4. The molecule has 2 bridgehead atoms. The summed E-state index contributed by atoms with van der Waals surface area (Å²) in [5.74, 6) is 1.49. The molecule has 30 heavy (non-hydrogen) atoms. The minimum absolute atomic E-state index is 0.0554. The van der Waals surface area contributed by atoms with Gasteiger partial charge in [-0.3, -0.25) is 4.98 Å². The Morgan fingerprint density at radius 1 is 1.07 bits per heavy atom. The van der Waals surface area contributed by atoms with Crippen molar-refractivity contribution in [3.05, 3.63) is 66.3 Å². The predicted octanol–water partition coefficient (Wildman–Crippen LogP) is 3.79. The average molecular weight is 403 g/mol. The van der Waals surface area contributed by atoms with Crippen molar-refractivity contribution < 1.29 is 9.32 Å². The first-order valence-corrected chi connectivity index (χ1v) is 10.6. The Hall–Kier alpha value is -3.22. The lowest BCUT2D eigenvalue weighted by Crippen LogP contribution is -2.50. The van der Waals surface area contributed by atoms with E-state index in [1.54, 1.807) is 12.4 Å². The van der Waals surface area contributed by atoms with Crippen LogP contribution in [0.4, 0.5) is 4.79 Å². The smallest absolute Gasteiger partial charge is 0.317 e. The first-order chi connectivity index (χ1) is 14.8. The molecule has 2 amide bonds. The van der Waals surface area contributed by atoms with E-state index in [9.17, 15) is 4.79 Å². The van der Waals surface area contributed by atoms with Crippen molar-refractivity contribution in [3.8, 4) is 11.4 Å². The first-order valence-electron chi connectivity index (χ1n) is 10.6. The van der Waals surface area contributed by atoms with E-state index in [4.69, 9.17) is 4.52 Å². The standard InChI is InChI=1S/C23H25N5O2/c29-23(25-13-8-16-4-2-1-3-5-16)28-19-6-7-20(28)15-18(14-19)22-26-21(27-30-22)17-9-11-24-12-10-17/h1-5,9-12,18-20H,6-8,13-15H2,(H,25,29)/t18?,19-,20+. The van der Waals surface area contributed by atoms with Crippen LogP contribution in [0.2, 0.25) is 0 Å². The molecule has 3 atom stereocenters. The Bertz CT molecular complexity index is 977. The molecule has 2 aliphatic rings. The topological polar surface area (TPSA) is 84.2 Å². The van der Waals surface area contributed by atoms with Crippen molar-refractivity contribution in [2.24, 2.45) is 0 Å². The predicted molar refractivity (Wildman–Crippen MR) is 112 cm³/mol. The van der Waals surface area contributed by atoms with Crippen molar-refractivity contribution in [2.75, 3.05) is 6.54 Å². The van der Waals surface area contributed by atoms with Gasteiger partial charge in [0.25, 0.3) is 0 Å². The second kappa shape index (κ2) is 8.26. The third-order valence-electron chi connectivity index (χ3n) is 6.23. The van der Waals surface area contributed by atoms with Crippen LogP contribution in [-0.2, 0) is 6.42 Å². The molecule has 0 saturated carbocycles. The van der Waals surface area contributed by atoms with Gasteiger partial charge in [0.2, 0.25) is 11.7 Å². The maximum absolute atomic E-state index is 12.8. The molecule has 4 heterocycles. The summed E-state index contributed by atoms with van der Waals surface area (Å²) in [6, 6.07) is 14.5. The summed E-state index contributed by atoms with van der Waals surface area (Å²) < 4.78 is 5.59. The SMILES string of the molecule is O=C(NCCc1ccccc1)N1[C@@H]2CC[C@H]1CC(c1nc(-c3ccncc3)no1)C2. The molecule has 7 heteroatoms. The zero-order chi connectivity index (χ0) is 20.3. The van der Waals surface area contributed by atoms with E-state index in [0.717, 1.165) is 37.7 Å². The number of rotatable bonds is 5. The molecule has 1 N–H and O–H groups in total. The van der Waals surface area contributed by atoms with E-state index < -0.39 is 0 Å². The monoisotopic (exact) mass is 403 g/mol. The zero-order valence-electron chi connectivity index (χ0n) is 16.8. The number of nitrogens with one attached hydrogen (secondary N) is 1. The van der Waals surface area contributed by atoms with Crippen molar-refractivity contribution in [2.45, 2.75) is 50.1 Å². The van der Waals surface area contributed by atoms with Crippen LogP contribution in [0, 0.1) is 0 Å². The molecule has 0 radical (unpaired) electrons. The fourth-order valence-corrected chi connectivity index (χ4v) is 4.78. The highest BCUT2D eigenvalue weighted by atomic mass is 16.5. The van der Waals surface area contributed by atoms with Crippen molar-refractivity contribution in [1.29, 1.82) is 0 Å². The van der Waals surface area contributed by atoms with Crippen LogP contribution in [0.15, 0.2) is 59.4 Å². The van der Waals surface area contributed by atoms with Gasteiger partial charge in [-0.1, -0.05) is 35.5 Å². The Balaban J connectivity index is 1.20. The minimum atomic E-state index is 0.0554. The number of aromatic nitrogens is 3. The summed E-state index contributed by atoms with van der Waals surface area (Å²) in [6.45, 7) is 0.654. The molecule has 5 rings (SSSR count). The molecule has 2 aliphatic heterocycles. The van der Waals surface area contributed by atoms with Gasteiger partial charge in [0.05, 0.1) is 0 Å². The van der Waals surface area contributed by atoms with Crippen LogP contribution < -0.4 is 5.32 Å². The number of amides is 2. The number of piperidine rings is 1. The second-order valence-corrected chi connectivity index (χ2v) is 8.12. The molecule has 1 aromatic carbocycles. The van der Waals surface area contributed by atoms with Crippen LogP contribution >= 0.6 is 0 Å². The maximum atomic E-state index is 12.8. The van der Waals surface area contributed by atoms with Gasteiger partial charge in [0.1, 0.15) is 0 Å². The fourth-order valence-electron chi connectivity index (χ4n) is 4.78. The van der Waals surface area contributed by atoms with Gasteiger partial charge in [-0.15, -0.1) is 0 Å². The van der Waals surface area contributed by atoms with Gasteiger partial charge in [-0.05, 0) is 49.8 Å². The molecular formula is C23H25N5O2. The van der Waals surface area contributed by atoms with E-state index >= 15 is 0 Å². The van der Waals surface area contributed by atoms with Crippen LogP contribution in [0.3, 0.4) is 0 Å². The van der Waals surface area contributed by atoms with Gasteiger partial charge in [0.15, 0.2) is 0 Å². The lowest BCUT2D eigenvalue weighted by atomic mass is 9.91. The Labute approximate surface area is 175 Å². The van der Waals surface area contributed by atoms with Gasteiger partial charge in [-0.25, -0.2) is 4.79 Å². The summed E-state index contributed by atoms with van der Waals surface area (Å²) in [5.41, 5.74) is 2.14. The van der Waals surface area contributed by atoms with Crippen LogP contribution in [0.25, 0.3) is 11.4 Å². The number of carbonyl (C=O) groups is 1. The lowest BCUT2D eigenvalue weighted by Gasteiger charge is -2.37. The average Bonchev–Trinajstić information content (AvgIpc) is 3.38. The van der Waals surface area contributed by atoms with Gasteiger partial charge >= 0.3 is 6.03 Å². The summed E-state index contributed by atoms with van der Waals surface area (Å²) in [4.78, 5) is 23.6. The number of carbonyl (C=O) groups excluding carboxylic acids is 1. The molecule has 1 unspecified atom stereocenters. The van der Waals surface area contributed by atoms with Gasteiger partial charge < -0.3 is 14.7 Å². The summed E-state index contributed by atoms with van der Waals surface area (Å²) in [5, 5.41) is 7.26. The number of hydrogen-bond acceptors (Lipinski definition) is 5. The first kappa shape index (κ1) is 18.8. The largest absolute Gasteiger partial charge is 0.339 e. The third-order valence-corrected chi connectivity index (χ3v) is 6.23. The van der Waals surface area contributed by atoms with E-state index in [1.807, 2.05) is 30.3 Å². The van der Waals surface area contributed by atoms with Crippen LogP contribution in [0.5, 0.6) is 0 Å². The van der Waals surface area contributed by atoms with E-state index in [1.165, 1.54) is 5.56 Å². The highest BCUT2D eigenvalue weighted by molar-refractivity contribution is 5.75. The molecule has 2 fully saturated rings. The van der Waals surface area contributed by atoms with E-state index in [0.29, 0.717) is 18.3 Å². The van der Waals surface area contributed by atoms with Crippen LogP contribution in [0.1, 0.15) is 43.1 Å². The summed E-state index contributed by atoms with van der Waals surface area (Å²) in [6.07, 6.45) is 8.12. The minimum Gasteiger partial charge on any atom is -0.339 e. The summed E-state index contributed by atoms with van der Waals surface area (Å²) in [7, 11) is 0. The van der Waals surface area contributed by atoms with Crippen molar-refractivity contribution in [3.63, 3.8) is 0 Å². The molecular weight excluding hydrogens is 378 g/mol. The molecule has 154 valence electrons. The maximum Gasteiger partial charge on any atom is 0.317 e. The highest BCUT2D eigenvalue weighted by Crippen LogP contribution is 2.42. The number of hydrogen-bond donors (Lipinski definition) is 1. The Morgan fingerprint density at radius 3 is 2.53 bits per heavy atom. The zero-order valence-corrected chi connectivity index (χ0v) is 16.8. The number of pyridine rings is 1. The normalized spacial score (nSPS) is 22.8. The number of fused-ring (bicyclic) bond motifs is 2. The Morgan fingerprint density at radius 2 is 1.80 bits per heavy atom. The molecule has 2 aromatic heterocycles. The second-order valence-electron chi connectivity index (χ2n) is 8.12. The van der Waals surface area contributed by atoms with Crippen molar-refractivity contribution >= 4 is 6.03 Å². The molecule has 2 saturated heterocycles. The fraction of sp³-hybridized carbons (Fsp3) is 0.391. The molecule has 0 spiro atoms.